The van der Waals surface area contributed by atoms with Crippen molar-refractivity contribution < 1.29 is 9.59 Å². The molecular formula is C14H12N2O2. The maximum atomic E-state index is 11.4. The first kappa shape index (κ1) is 12.0. The molecule has 1 heterocycles. The van der Waals surface area contributed by atoms with Crippen LogP contribution >= 0.6 is 0 Å². The van der Waals surface area contributed by atoms with E-state index in [9.17, 15) is 9.59 Å². The Bertz CT molecular complexity index is 553. The molecule has 4 heteroatoms. The number of nitrogens with one attached hydrogen (secondary N) is 1. The van der Waals surface area contributed by atoms with Crippen molar-refractivity contribution in [1.82, 2.24) is 4.98 Å². The van der Waals surface area contributed by atoms with Gasteiger partial charge in [-0.1, -0.05) is 30.3 Å². The number of anilines is 1. The van der Waals surface area contributed by atoms with E-state index in [1.807, 2.05) is 30.3 Å². The maximum absolute atomic E-state index is 11.4. The zero-order valence-electron chi connectivity index (χ0n) is 9.67. The van der Waals surface area contributed by atoms with Gasteiger partial charge in [-0.05, 0) is 12.1 Å². The molecule has 0 atom stereocenters. The molecule has 0 aliphatic carbocycles. The summed E-state index contributed by atoms with van der Waals surface area (Å²) in [4.78, 5) is 26.0. The fourth-order valence-corrected chi connectivity index (χ4v) is 1.61. The fourth-order valence-electron chi connectivity index (χ4n) is 1.61. The van der Waals surface area contributed by atoms with Crippen molar-refractivity contribution in [3.63, 3.8) is 0 Å². The van der Waals surface area contributed by atoms with Crippen LogP contribution < -0.4 is 5.32 Å². The van der Waals surface area contributed by atoms with Crippen molar-refractivity contribution in [2.45, 2.75) is 6.42 Å². The van der Waals surface area contributed by atoms with Crippen LogP contribution in [-0.4, -0.2) is 17.2 Å². The van der Waals surface area contributed by atoms with E-state index in [1.54, 1.807) is 18.3 Å². The van der Waals surface area contributed by atoms with E-state index in [0.29, 0.717) is 17.7 Å². The zero-order valence-corrected chi connectivity index (χ0v) is 9.67. The highest BCUT2D eigenvalue weighted by Crippen LogP contribution is 2.24. The topological polar surface area (TPSA) is 59.1 Å². The third-order valence-corrected chi connectivity index (χ3v) is 2.40. The number of rotatable bonds is 4. The van der Waals surface area contributed by atoms with Crippen LogP contribution in [0, 0.1) is 0 Å². The quantitative estimate of drug-likeness (QED) is 0.658. The van der Waals surface area contributed by atoms with Crippen LogP contribution in [0.2, 0.25) is 0 Å². The maximum Gasteiger partial charge on any atom is 0.231 e. The molecule has 0 saturated carbocycles. The summed E-state index contributed by atoms with van der Waals surface area (Å²) in [5.41, 5.74) is 2.22. The van der Waals surface area contributed by atoms with E-state index in [2.05, 4.69) is 10.3 Å². The Morgan fingerprint density at radius 1 is 1.17 bits per heavy atom. The number of hydrogen-bond donors (Lipinski definition) is 1. The first-order chi connectivity index (χ1) is 8.81. The van der Waals surface area contributed by atoms with Crippen LogP contribution in [0.25, 0.3) is 11.3 Å². The lowest BCUT2D eigenvalue weighted by Crippen LogP contribution is -2.12. The molecule has 90 valence electrons. The molecule has 4 nitrogen and oxygen atoms in total. The molecule has 0 unspecified atom stereocenters. The van der Waals surface area contributed by atoms with Crippen LogP contribution in [0.15, 0.2) is 48.7 Å². The summed E-state index contributed by atoms with van der Waals surface area (Å²) >= 11 is 0. The Hall–Kier alpha value is -2.49. The van der Waals surface area contributed by atoms with Crippen molar-refractivity contribution in [1.29, 1.82) is 0 Å². The smallest absolute Gasteiger partial charge is 0.231 e. The lowest BCUT2D eigenvalue weighted by Gasteiger charge is -2.09. The molecule has 0 aliphatic heterocycles. The number of benzene rings is 1. The minimum Gasteiger partial charge on any atom is -0.324 e. The van der Waals surface area contributed by atoms with E-state index < -0.39 is 0 Å². The summed E-state index contributed by atoms with van der Waals surface area (Å²) in [7, 11) is 0. The number of aldehydes is 1. The highest BCUT2D eigenvalue weighted by atomic mass is 16.2. The number of carbonyl (C=O) groups excluding carboxylic acids is 2. The molecule has 0 aliphatic rings. The fraction of sp³-hybridized carbons (Fsp3) is 0.0714. The summed E-state index contributed by atoms with van der Waals surface area (Å²) in [6.45, 7) is 0. The molecule has 0 bridgehead atoms. The lowest BCUT2D eigenvalue weighted by atomic mass is 10.1. The summed E-state index contributed by atoms with van der Waals surface area (Å²) in [6.07, 6.45) is 2.09. The van der Waals surface area contributed by atoms with Crippen molar-refractivity contribution >= 4 is 17.9 Å². The Kier molecular flexibility index (Phi) is 3.81. The molecule has 0 spiro atoms. The average Bonchev–Trinajstić information content (AvgIpc) is 2.40. The van der Waals surface area contributed by atoms with Gasteiger partial charge in [-0.25, -0.2) is 0 Å². The predicted octanol–water partition coefficient (Wildman–Crippen LogP) is 2.28. The van der Waals surface area contributed by atoms with E-state index in [-0.39, 0.29) is 12.3 Å². The molecule has 0 fully saturated rings. The molecule has 18 heavy (non-hydrogen) atoms. The van der Waals surface area contributed by atoms with Gasteiger partial charge in [0.25, 0.3) is 0 Å². The van der Waals surface area contributed by atoms with Gasteiger partial charge in [0.1, 0.15) is 6.29 Å². The zero-order chi connectivity index (χ0) is 12.8. The number of carbonyl (C=O) groups is 2. The SMILES string of the molecule is O=CCC(=O)Nc1cccnc1-c1ccccc1. The van der Waals surface area contributed by atoms with Gasteiger partial charge in [-0.15, -0.1) is 0 Å². The van der Waals surface area contributed by atoms with E-state index in [4.69, 9.17) is 0 Å². The largest absolute Gasteiger partial charge is 0.324 e. The number of aromatic nitrogens is 1. The molecule has 2 rings (SSSR count). The van der Waals surface area contributed by atoms with Gasteiger partial charge in [0.05, 0.1) is 17.8 Å². The molecular weight excluding hydrogens is 228 g/mol. The van der Waals surface area contributed by atoms with Crippen LogP contribution in [0.1, 0.15) is 6.42 Å². The van der Waals surface area contributed by atoms with Gasteiger partial charge in [0, 0.05) is 11.8 Å². The second kappa shape index (κ2) is 5.72. The van der Waals surface area contributed by atoms with Crippen molar-refractivity contribution in [3.8, 4) is 11.3 Å². The third-order valence-electron chi connectivity index (χ3n) is 2.40. The Balaban J connectivity index is 2.32. The van der Waals surface area contributed by atoms with Crippen LogP contribution in [0.5, 0.6) is 0 Å². The second-order valence-corrected chi connectivity index (χ2v) is 3.68. The molecule has 1 aromatic heterocycles. The van der Waals surface area contributed by atoms with Crippen molar-refractivity contribution in [2.75, 3.05) is 5.32 Å². The summed E-state index contributed by atoms with van der Waals surface area (Å²) in [5, 5.41) is 2.68. The first-order valence-corrected chi connectivity index (χ1v) is 5.55. The van der Waals surface area contributed by atoms with Crippen LogP contribution in [0.4, 0.5) is 5.69 Å². The first-order valence-electron chi connectivity index (χ1n) is 5.55. The molecule has 1 aromatic carbocycles. The Morgan fingerprint density at radius 3 is 2.67 bits per heavy atom. The summed E-state index contributed by atoms with van der Waals surface area (Å²) in [5.74, 6) is -0.338. The second-order valence-electron chi connectivity index (χ2n) is 3.68. The van der Waals surface area contributed by atoms with Crippen molar-refractivity contribution in [3.05, 3.63) is 48.7 Å². The lowest BCUT2D eigenvalue weighted by molar-refractivity contribution is -0.119. The third kappa shape index (κ3) is 2.79. The normalized spacial score (nSPS) is 9.78. The van der Waals surface area contributed by atoms with E-state index >= 15 is 0 Å². The van der Waals surface area contributed by atoms with Crippen LogP contribution in [-0.2, 0) is 9.59 Å². The summed E-state index contributed by atoms with van der Waals surface area (Å²) < 4.78 is 0. The van der Waals surface area contributed by atoms with Crippen molar-refractivity contribution in [2.24, 2.45) is 0 Å². The minimum atomic E-state index is -0.338. The van der Waals surface area contributed by atoms with Gasteiger partial charge in [-0.2, -0.15) is 0 Å². The molecule has 1 amide bonds. The van der Waals surface area contributed by atoms with Gasteiger partial charge < -0.3 is 10.1 Å². The molecule has 1 N–H and O–H groups in total. The molecule has 0 radical (unpaired) electrons. The predicted molar refractivity (Wildman–Crippen MR) is 69.0 cm³/mol. The standard InChI is InChI=1S/C14H12N2O2/c17-10-8-13(18)16-12-7-4-9-15-14(12)11-5-2-1-3-6-11/h1-7,9-10H,8H2,(H,16,18). The molecule has 0 saturated heterocycles. The van der Waals surface area contributed by atoms with E-state index in [0.717, 1.165) is 5.56 Å². The Labute approximate surface area is 105 Å². The van der Waals surface area contributed by atoms with Crippen LogP contribution in [0.3, 0.4) is 0 Å². The summed E-state index contributed by atoms with van der Waals surface area (Å²) in [6, 6.07) is 13.1. The van der Waals surface area contributed by atoms with Gasteiger partial charge in [0.15, 0.2) is 0 Å². The van der Waals surface area contributed by atoms with E-state index in [1.165, 1.54) is 0 Å². The number of pyridine rings is 1. The number of amides is 1. The highest BCUT2D eigenvalue weighted by molar-refractivity contribution is 6.00. The van der Waals surface area contributed by atoms with Gasteiger partial charge in [-0.3, -0.25) is 9.78 Å². The number of hydrogen-bond acceptors (Lipinski definition) is 3. The van der Waals surface area contributed by atoms with Gasteiger partial charge >= 0.3 is 0 Å². The molecule has 2 aromatic rings. The van der Waals surface area contributed by atoms with Gasteiger partial charge in [0.2, 0.25) is 5.91 Å². The minimum absolute atomic E-state index is 0.150. The highest BCUT2D eigenvalue weighted by Gasteiger charge is 2.08. The Morgan fingerprint density at radius 2 is 1.94 bits per heavy atom. The average molecular weight is 240 g/mol. The number of nitrogens with zero attached hydrogens (tertiary/aromatic N) is 1. The monoisotopic (exact) mass is 240 g/mol.